The van der Waals surface area contributed by atoms with Crippen LogP contribution in [0.2, 0.25) is 5.02 Å². The standard InChI is InChI=1S/C26H24ClN5O/c1-16-13-17(2)29-26(28-16)32-25-24(18(3)30-32)22(20-7-5-4-6-8-20)14-23(33)31(25)15-19-9-11-21(27)12-10-19/h4-13,22H,14-15H2,1-3H3/t22-/m1/s1. The summed E-state index contributed by atoms with van der Waals surface area (Å²) < 4.78 is 1.73. The molecule has 0 unspecified atom stereocenters. The first-order chi connectivity index (χ1) is 15.9. The number of hydrogen-bond acceptors (Lipinski definition) is 4. The van der Waals surface area contributed by atoms with E-state index < -0.39 is 0 Å². The van der Waals surface area contributed by atoms with Crippen molar-refractivity contribution in [2.24, 2.45) is 0 Å². The van der Waals surface area contributed by atoms with Gasteiger partial charge in [-0.3, -0.25) is 9.69 Å². The molecule has 0 aliphatic carbocycles. The van der Waals surface area contributed by atoms with Gasteiger partial charge in [0.05, 0.1) is 12.2 Å². The van der Waals surface area contributed by atoms with Crippen LogP contribution < -0.4 is 4.90 Å². The summed E-state index contributed by atoms with van der Waals surface area (Å²) >= 11 is 6.08. The van der Waals surface area contributed by atoms with Gasteiger partial charge in [-0.2, -0.15) is 9.78 Å². The molecule has 0 saturated carbocycles. The second-order valence-corrected chi connectivity index (χ2v) is 8.90. The average molecular weight is 458 g/mol. The van der Waals surface area contributed by atoms with Crippen molar-refractivity contribution in [3.8, 4) is 5.95 Å². The van der Waals surface area contributed by atoms with Gasteiger partial charge < -0.3 is 0 Å². The molecule has 1 aliphatic heterocycles. The number of rotatable bonds is 4. The highest BCUT2D eigenvalue weighted by molar-refractivity contribution is 6.30. The van der Waals surface area contributed by atoms with Gasteiger partial charge in [0.15, 0.2) is 0 Å². The molecule has 0 radical (unpaired) electrons. The van der Waals surface area contributed by atoms with E-state index >= 15 is 0 Å². The van der Waals surface area contributed by atoms with E-state index in [1.54, 1.807) is 9.58 Å². The first-order valence-electron chi connectivity index (χ1n) is 10.9. The molecule has 3 heterocycles. The molecule has 166 valence electrons. The second kappa shape index (κ2) is 8.45. The Morgan fingerprint density at radius 3 is 2.30 bits per heavy atom. The van der Waals surface area contributed by atoms with Crippen LogP contribution in [0.5, 0.6) is 0 Å². The van der Waals surface area contributed by atoms with E-state index in [2.05, 4.69) is 22.1 Å². The fourth-order valence-electron chi connectivity index (χ4n) is 4.55. The van der Waals surface area contributed by atoms with E-state index in [1.165, 1.54) is 0 Å². The molecule has 2 aromatic heterocycles. The summed E-state index contributed by atoms with van der Waals surface area (Å²) in [5, 5.41) is 5.50. The van der Waals surface area contributed by atoms with Crippen molar-refractivity contribution < 1.29 is 4.79 Å². The van der Waals surface area contributed by atoms with Crippen molar-refractivity contribution >= 4 is 23.3 Å². The molecule has 0 bridgehead atoms. The fourth-order valence-corrected chi connectivity index (χ4v) is 4.67. The molecule has 4 aromatic rings. The van der Waals surface area contributed by atoms with Crippen molar-refractivity contribution in [1.82, 2.24) is 19.7 Å². The van der Waals surface area contributed by atoms with Crippen LogP contribution in [0, 0.1) is 20.8 Å². The van der Waals surface area contributed by atoms with E-state index in [0.717, 1.165) is 39.6 Å². The lowest BCUT2D eigenvalue weighted by atomic mass is 9.85. The first-order valence-corrected chi connectivity index (χ1v) is 11.3. The molecule has 7 heteroatoms. The van der Waals surface area contributed by atoms with Gasteiger partial charge >= 0.3 is 0 Å². The quantitative estimate of drug-likeness (QED) is 0.416. The van der Waals surface area contributed by atoms with Gasteiger partial charge in [0.25, 0.3) is 5.95 Å². The predicted molar refractivity (Wildman–Crippen MR) is 129 cm³/mol. The summed E-state index contributed by atoms with van der Waals surface area (Å²) in [5.74, 6) is 1.17. The third-order valence-corrected chi connectivity index (χ3v) is 6.23. The number of hydrogen-bond donors (Lipinski definition) is 0. The number of fused-ring (bicyclic) bond motifs is 1. The molecule has 5 rings (SSSR count). The topological polar surface area (TPSA) is 63.9 Å². The van der Waals surface area contributed by atoms with Crippen molar-refractivity contribution in [3.05, 3.63) is 99.5 Å². The Balaban J connectivity index is 1.70. The number of anilines is 1. The van der Waals surface area contributed by atoms with E-state index in [1.807, 2.05) is 69.3 Å². The van der Waals surface area contributed by atoms with Crippen molar-refractivity contribution in [2.45, 2.75) is 39.7 Å². The summed E-state index contributed by atoms with van der Waals surface area (Å²) in [6.07, 6.45) is 0.380. The van der Waals surface area contributed by atoms with Crippen LogP contribution in [-0.2, 0) is 11.3 Å². The minimum absolute atomic E-state index is 0.0387. The molecule has 2 aromatic carbocycles. The Kier molecular flexibility index (Phi) is 5.46. The zero-order valence-electron chi connectivity index (χ0n) is 18.8. The number of aryl methyl sites for hydroxylation is 3. The highest BCUT2D eigenvalue weighted by Crippen LogP contribution is 2.43. The van der Waals surface area contributed by atoms with Gasteiger partial charge in [-0.05, 0) is 50.1 Å². The Hall–Kier alpha value is -3.51. The van der Waals surface area contributed by atoms with Gasteiger partial charge in [0, 0.05) is 34.3 Å². The number of amides is 1. The number of nitrogens with zero attached hydrogens (tertiary/aromatic N) is 5. The van der Waals surface area contributed by atoms with Gasteiger partial charge in [0.1, 0.15) is 5.82 Å². The first kappa shape index (κ1) is 21.3. The monoisotopic (exact) mass is 457 g/mol. The molecule has 1 atom stereocenters. The summed E-state index contributed by atoms with van der Waals surface area (Å²) in [6, 6.07) is 19.6. The summed E-state index contributed by atoms with van der Waals surface area (Å²) in [4.78, 5) is 24.6. The SMILES string of the molecule is Cc1cc(C)nc(-n2nc(C)c3c2N(Cc2ccc(Cl)cc2)C(=O)C[C@@H]3c2ccccc2)n1. The van der Waals surface area contributed by atoms with E-state index in [-0.39, 0.29) is 11.8 Å². The molecular weight excluding hydrogens is 434 g/mol. The van der Waals surface area contributed by atoms with Crippen molar-refractivity contribution in [1.29, 1.82) is 0 Å². The van der Waals surface area contributed by atoms with Crippen LogP contribution in [-0.4, -0.2) is 25.7 Å². The predicted octanol–water partition coefficient (Wildman–Crippen LogP) is 5.31. The average Bonchev–Trinajstić information content (AvgIpc) is 3.14. The third kappa shape index (κ3) is 4.02. The maximum absolute atomic E-state index is 13.6. The molecule has 0 spiro atoms. The number of benzene rings is 2. The summed E-state index contributed by atoms with van der Waals surface area (Å²) in [7, 11) is 0. The van der Waals surface area contributed by atoms with Crippen LogP contribution >= 0.6 is 11.6 Å². The Morgan fingerprint density at radius 2 is 1.64 bits per heavy atom. The zero-order chi connectivity index (χ0) is 23.1. The number of carbonyl (C=O) groups is 1. The fraction of sp³-hybridized carbons (Fsp3) is 0.231. The highest BCUT2D eigenvalue weighted by atomic mass is 35.5. The Morgan fingerprint density at radius 1 is 0.970 bits per heavy atom. The maximum atomic E-state index is 13.6. The zero-order valence-corrected chi connectivity index (χ0v) is 19.5. The molecule has 6 nitrogen and oxygen atoms in total. The van der Waals surface area contributed by atoms with E-state index in [4.69, 9.17) is 16.7 Å². The van der Waals surface area contributed by atoms with Gasteiger partial charge in [-0.15, -0.1) is 0 Å². The normalized spacial score (nSPS) is 15.6. The maximum Gasteiger partial charge on any atom is 0.252 e. The van der Waals surface area contributed by atoms with Crippen molar-refractivity contribution in [3.63, 3.8) is 0 Å². The van der Waals surface area contributed by atoms with Crippen LogP contribution in [0.3, 0.4) is 0 Å². The lowest BCUT2D eigenvalue weighted by Crippen LogP contribution is -2.38. The number of aromatic nitrogens is 4. The van der Waals surface area contributed by atoms with E-state index in [0.29, 0.717) is 23.9 Å². The summed E-state index contributed by atoms with van der Waals surface area (Å²) in [6.45, 7) is 6.28. The smallest absolute Gasteiger partial charge is 0.252 e. The van der Waals surface area contributed by atoms with Gasteiger partial charge in [-0.25, -0.2) is 9.97 Å². The summed E-state index contributed by atoms with van der Waals surface area (Å²) in [5.41, 5.74) is 5.70. The lowest BCUT2D eigenvalue weighted by molar-refractivity contribution is -0.119. The van der Waals surface area contributed by atoms with Gasteiger partial charge in [0.2, 0.25) is 5.91 Å². The van der Waals surface area contributed by atoms with Crippen LogP contribution in [0.4, 0.5) is 5.82 Å². The molecule has 1 aliphatic rings. The van der Waals surface area contributed by atoms with E-state index in [9.17, 15) is 4.79 Å². The molecule has 33 heavy (non-hydrogen) atoms. The number of carbonyl (C=O) groups excluding carboxylic acids is 1. The second-order valence-electron chi connectivity index (χ2n) is 8.46. The molecule has 0 fully saturated rings. The Bertz CT molecular complexity index is 1310. The van der Waals surface area contributed by atoms with Crippen molar-refractivity contribution in [2.75, 3.05) is 4.90 Å². The molecular formula is C26H24ClN5O. The van der Waals surface area contributed by atoms with Crippen LogP contribution in [0.1, 0.15) is 46.1 Å². The third-order valence-electron chi connectivity index (χ3n) is 5.98. The highest BCUT2D eigenvalue weighted by Gasteiger charge is 2.38. The Labute approximate surface area is 197 Å². The minimum atomic E-state index is -0.0742. The lowest BCUT2D eigenvalue weighted by Gasteiger charge is -2.33. The molecule has 0 N–H and O–H groups in total. The number of halogens is 1. The van der Waals surface area contributed by atoms with Crippen LogP contribution in [0.25, 0.3) is 5.95 Å². The largest absolute Gasteiger partial charge is 0.292 e. The molecule has 1 amide bonds. The van der Waals surface area contributed by atoms with Gasteiger partial charge in [-0.1, -0.05) is 54.1 Å². The minimum Gasteiger partial charge on any atom is -0.292 e. The molecule has 0 saturated heterocycles. The van der Waals surface area contributed by atoms with Crippen LogP contribution in [0.15, 0.2) is 60.7 Å².